The summed E-state index contributed by atoms with van der Waals surface area (Å²) in [6, 6.07) is -0.791. The van der Waals surface area contributed by atoms with Gasteiger partial charge in [-0.05, 0) is 6.42 Å². The van der Waals surface area contributed by atoms with Crippen molar-refractivity contribution in [3.05, 3.63) is 25.3 Å². The van der Waals surface area contributed by atoms with Crippen LogP contribution in [-0.2, 0) is 23.9 Å². The van der Waals surface area contributed by atoms with Crippen LogP contribution in [0.2, 0.25) is 0 Å². The van der Waals surface area contributed by atoms with Gasteiger partial charge in [0.15, 0.2) is 0 Å². The quantitative estimate of drug-likeness (QED) is 0.214. The van der Waals surface area contributed by atoms with Crippen molar-refractivity contribution in [3.63, 3.8) is 0 Å². The monoisotopic (exact) mass is 253 g/mol. The molecule has 1 atom stereocenters. The van der Waals surface area contributed by atoms with Gasteiger partial charge in [-0.3, -0.25) is 0 Å². The molecule has 0 heterocycles. The molecule has 0 spiro atoms. The summed E-state index contributed by atoms with van der Waals surface area (Å²) >= 11 is 0. The third-order valence-corrected chi connectivity index (χ3v) is 1.92. The van der Waals surface area contributed by atoms with Crippen LogP contribution in [-0.4, -0.2) is 30.4 Å². The van der Waals surface area contributed by atoms with Gasteiger partial charge in [0.25, 0.3) is 6.29 Å². The topological polar surface area (TPSA) is 82.0 Å². The van der Waals surface area contributed by atoms with Gasteiger partial charge in [-0.25, -0.2) is 14.4 Å². The molecule has 0 radical (unpaired) electrons. The molecule has 98 valence electrons. The highest BCUT2D eigenvalue weighted by Gasteiger charge is 2.27. The number of hydrogen-bond acceptors (Lipinski definition) is 6. The van der Waals surface area contributed by atoms with E-state index in [0.29, 0.717) is 12.8 Å². The van der Waals surface area contributed by atoms with Crippen LogP contribution in [0.15, 0.2) is 30.3 Å². The molecule has 1 unspecified atom stereocenters. The first-order chi connectivity index (χ1) is 8.58. The summed E-state index contributed by atoms with van der Waals surface area (Å²) in [7, 11) is 0. The normalized spacial score (nSPS) is 11.0. The van der Waals surface area contributed by atoms with Crippen molar-refractivity contribution in [3.8, 4) is 0 Å². The zero-order valence-electron chi connectivity index (χ0n) is 10.1. The molecule has 0 aliphatic rings. The minimum atomic E-state index is -1.29. The van der Waals surface area contributed by atoms with E-state index in [-0.39, 0.29) is 0 Å². The van der Waals surface area contributed by atoms with Gasteiger partial charge in [0.2, 0.25) is 6.08 Å². The van der Waals surface area contributed by atoms with Gasteiger partial charge < -0.3 is 9.47 Å². The Morgan fingerprint density at radius 1 is 1.28 bits per heavy atom. The Balaban J connectivity index is 4.93. The largest absolute Gasteiger partial charge is 0.420 e. The van der Waals surface area contributed by atoms with Crippen LogP contribution in [0.5, 0.6) is 0 Å². The van der Waals surface area contributed by atoms with Crippen molar-refractivity contribution >= 4 is 18.0 Å². The maximum absolute atomic E-state index is 11.1. The molecule has 0 saturated carbocycles. The lowest BCUT2D eigenvalue weighted by Crippen LogP contribution is -2.34. The lowest BCUT2D eigenvalue weighted by Gasteiger charge is -2.21. The molecule has 0 rings (SSSR count). The molecule has 0 bridgehead atoms. The molecule has 0 saturated heterocycles. The second-order valence-corrected chi connectivity index (χ2v) is 3.23. The van der Waals surface area contributed by atoms with Gasteiger partial charge in [-0.15, -0.1) is 0 Å². The van der Waals surface area contributed by atoms with E-state index in [2.05, 4.69) is 18.2 Å². The van der Waals surface area contributed by atoms with Crippen LogP contribution in [0.25, 0.3) is 0 Å². The molecule has 6 nitrogen and oxygen atoms in total. The Labute approximate surface area is 105 Å². The predicted octanol–water partition coefficient (Wildman–Crippen LogP) is 1.28. The minimum absolute atomic E-state index is 0.398. The SMILES string of the molecule is C=CC(=O)OC(OC(=O)C=C)C(CCC)N=C=O. The van der Waals surface area contributed by atoms with Gasteiger partial charge >= 0.3 is 11.9 Å². The summed E-state index contributed by atoms with van der Waals surface area (Å²) in [6.45, 7) is 8.28. The summed E-state index contributed by atoms with van der Waals surface area (Å²) in [5.41, 5.74) is 0. The van der Waals surface area contributed by atoms with E-state index in [1.807, 2.05) is 6.92 Å². The van der Waals surface area contributed by atoms with Crippen LogP contribution in [0, 0.1) is 0 Å². The molecule has 0 aliphatic carbocycles. The van der Waals surface area contributed by atoms with Gasteiger partial charge in [-0.2, -0.15) is 4.99 Å². The molecule has 0 aliphatic heterocycles. The van der Waals surface area contributed by atoms with Crippen molar-refractivity contribution in [2.45, 2.75) is 32.1 Å². The molecule has 0 aromatic rings. The molecule has 0 aromatic carbocycles. The number of esters is 2. The van der Waals surface area contributed by atoms with E-state index in [1.165, 1.54) is 6.08 Å². The fourth-order valence-electron chi connectivity index (χ4n) is 1.13. The highest BCUT2D eigenvalue weighted by molar-refractivity contribution is 5.83. The molecule has 0 amide bonds. The smallest absolute Gasteiger partial charge is 0.333 e. The molecule has 0 N–H and O–H groups in total. The number of hydrogen-bond donors (Lipinski definition) is 0. The summed E-state index contributed by atoms with van der Waals surface area (Å²) < 4.78 is 9.64. The zero-order valence-corrected chi connectivity index (χ0v) is 10.1. The first-order valence-electron chi connectivity index (χ1n) is 5.32. The number of isocyanates is 1. The number of carbonyl (C=O) groups is 2. The third kappa shape index (κ3) is 5.77. The van der Waals surface area contributed by atoms with Crippen LogP contribution in [0.3, 0.4) is 0 Å². The van der Waals surface area contributed by atoms with Gasteiger partial charge in [0.05, 0.1) is 0 Å². The summed E-state index contributed by atoms with van der Waals surface area (Å²) in [6.07, 6.45) is 2.96. The highest BCUT2D eigenvalue weighted by atomic mass is 16.7. The second kappa shape index (κ2) is 8.90. The molecule has 18 heavy (non-hydrogen) atoms. The average molecular weight is 253 g/mol. The molecule has 0 fully saturated rings. The number of nitrogens with zero attached hydrogens (tertiary/aromatic N) is 1. The number of ether oxygens (including phenoxy) is 2. The number of rotatable bonds is 8. The Hall–Kier alpha value is -2.20. The second-order valence-electron chi connectivity index (χ2n) is 3.23. The summed E-state index contributed by atoms with van der Waals surface area (Å²) in [4.78, 5) is 36.0. The van der Waals surface area contributed by atoms with Crippen molar-refractivity contribution in [1.82, 2.24) is 0 Å². The van der Waals surface area contributed by atoms with E-state index in [4.69, 9.17) is 9.47 Å². The maximum Gasteiger partial charge on any atom is 0.333 e. The average Bonchev–Trinajstić information content (AvgIpc) is 2.37. The number of carbonyl (C=O) groups excluding carboxylic acids is 3. The highest BCUT2D eigenvalue weighted by Crippen LogP contribution is 2.13. The fourth-order valence-corrected chi connectivity index (χ4v) is 1.13. The van der Waals surface area contributed by atoms with E-state index in [9.17, 15) is 14.4 Å². The lowest BCUT2D eigenvalue weighted by atomic mass is 10.1. The third-order valence-electron chi connectivity index (χ3n) is 1.92. The fraction of sp³-hybridized carbons (Fsp3) is 0.417. The summed E-state index contributed by atoms with van der Waals surface area (Å²) in [5, 5.41) is 0. The number of aliphatic imine (C=N–C) groups is 1. The Bertz CT molecular complexity index is 349. The zero-order chi connectivity index (χ0) is 14.0. The van der Waals surface area contributed by atoms with Gasteiger partial charge in [-0.1, -0.05) is 26.5 Å². The van der Waals surface area contributed by atoms with E-state index in [1.54, 1.807) is 0 Å². The minimum Gasteiger partial charge on any atom is -0.420 e. The first-order valence-corrected chi connectivity index (χ1v) is 5.32. The van der Waals surface area contributed by atoms with E-state index in [0.717, 1.165) is 12.2 Å². The molecular weight excluding hydrogens is 238 g/mol. The van der Waals surface area contributed by atoms with Gasteiger partial charge in [0.1, 0.15) is 6.04 Å². The molecule has 0 aromatic heterocycles. The lowest BCUT2D eigenvalue weighted by molar-refractivity contribution is -0.184. The Morgan fingerprint density at radius 2 is 1.78 bits per heavy atom. The van der Waals surface area contributed by atoms with E-state index >= 15 is 0 Å². The first kappa shape index (κ1) is 15.8. The van der Waals surface area contributed by atoms with E-state index < -0.39 is 24.3 Å². The van der Waals surface area contributed by atoms with Crippen LogP contribution in [0.4, 0.5) is 0 Å². The van der Waals surface area contributed by atoms with Crippen molar-refractivity contribution in [1.29, 1.82) is 0 Å². The Morgan fingerprint density at radius 3 is 2.11 bits per heavy atom. The van der Waals surface area contributed by atoms with Crippen LogP contribution >= 0.6 is 0 Å². The van der Waals surface area contributed by atoms with Crippen LogP contribution in [0.1, 0.15) is 19.8 Å². The van der Waals surface area contributed by atoms with Crippen molar-refractivity contribution in [2.24, 2.45) is 4.99 Å². The van der Waals surface area contributed by atoms with Crippen LogP contribution < -0.4 is 0 Å². The molecule has 6 heteroatoms. The van der Waals surface area contributed by atoms with Crippen molar-refractivity contribution < 1.29 is 23.9 Å². The van der Waals surface area contributed by atoms with Gasteiger partial charge in [0, 0.05) is 12.2 Å². The Kier molecular flexibility index (Phi) is 7.81. The standard InChI is InChI=1S/C12H15NO5/c1-4-7-9(13-8-14)12(17-10(15)5-2)18-11(16)6-3/h5-6,9,12H,2-4,7H2,1H3. The summed E-state index contributed by atoms with van der Waals surface area (Å²) in [5.74, 6) is -1.56. The predicted molar refractivity (Wildman–Crippen MR) is 63.2 cm³/mol. The van der Waals surface area contributed by atoms with Crippen molar-refractivity contribution in [2.75, 3.05) is 0 Å². The maximum atomic E-state index is 11.1. The molecular formula is C12H15NO5.